The van der Waals surface area contributed by atoms with Crippen molar-refractivity contribution in [3.8, 4) is 0 Å². The lowest BCUT2D eigenvalue weighted by atomic mass is 9.79. The van der Waals surface area contributed by atoms with Crippen LogP contribution in [0.5, 0.6) is 0 Å². The van der Waals surface area contributed by atoms with E-state index in [1.54, 1.807) is 11.3 Å². The summed E-state index contributed by atoms with van der Waals surface area (Å²) >= 11 is 1.75. The number of ketones is 1. The molecule has 0 radical (unpaired) electrons. The number of carbonyl (C=O) groups is 1. The molecule has 0 aromatic carbocycles. The van der Waals surface area contributed by atoms with Gasteiger partial charge in [-0.25, -0.2) is 0 Å². The third-order valence-corrected chi connectivity index (χ3v) is 4.77. The van der Waals surface area contributed by atoms with E-state index in [0.717, 1.165) is 45.1 Å². The van der Waals surface area contributed by atoms with Crippen LogP contribution in [0.3, 0.4) is 0 Å². The Morgan fingerprint density at radius 1 is 1.35 bits per heavy atom. The first-order chi connectivity index (χ1) is 8.29. The van der Waals surface area contributed by atoms with Crippen molar-refractivity contribution < 1.29 is 4.79 Å². The zero-order chi connectivity index (χ0) is 12.1. The summed E-state index contributed by atoms with van der Waals surface area (Å²) in [5.41, 5.74) is 5.66. The SMILES string of the molecule is NCC1CCC(C(=O)CCc2cccs2)CC1. The Morgan fingerprint density at radius 3 is 2.71 bits per heavy atom. The van der Waals surface area contributed by atoms with Gasteiger partial charge in [0.05, 0.1) is 0 Å². The van der Waals surface area contributed by atoms with Crippen LogP contribution in [0.15, 0.2) is 17.5 Å². The first kappa shape index (κ1) is 12.8. The van der Waals surface area contributed by atoms with Gasteiger partial charge in [-0.2, -0.15) is 0 Å². The van der Waals surface area contributed by atoms with Crippen molar-refractivity contribution in [3.05, 3.63) is 22.4 Å². The van der Waals surface area contributed by atoms with Crippen LogP contribution in [0.25, 0.3) is 0 Å². The van der Waals surface area contributed by atoms with Crippen molar-refractivity contribution in [2.75, 3.05) is 6.54 Å². The predicted octanol–water partition coefficient (Wildman–Crippen LogP) is 3.01. The lowest BCUT2D eigenvalue weighted by Gasteiger charge is -2.26. The second-order valence-corrected chi connectivity index (χ2v) is 6.03. The lowest BCUT2D eigenvalue weighted by molar-refractivity contribution is -0.124. The normalized spacial score (nSPS) is 24.8. The number of Topliss-reactive ketones (excluding diaryl/α,β-unsaturated/α-hetero) is 1. The van der Waals surface area contributed by atoms with E-state index in [4.69, 9.17) is 5.73 Å². The van der Waals surface area contributed by atoms with Crippen LogP contribution in [-0.4, -0.2) is 12.3 Å². The molecule has 1 saturated carbocycles. The molecule has 1 aromatic heterocycles. The Bertz CT molecular complexity index is 339. The molecule has 1 aliphatic rings. The molecule has 0 aliphatic heterocycles. The van der Waals surface area contributed by atoms with Crippen molar-refractivity contribution in [2.24, 2.45) is 17.6 Å². The molecular formula is C14H21NOS. The fourth-order valence-electron chi connectivity index (χ4n) is 2.63. The minimum absolute atomic E-state index is 0.317. The van der Waals surface area contributed by atoms with Gasteiger partial charge in [0, 0.05) is 17.2 Å². The van der Waals surface area contributed by atoms with E-state index in [2.05, 4.69) is 17.5 Å². The molecule has 17 heavy (non-hydrogen) atoms. The van der Waals surface area contributed by atoms with Crippen molar-refractivity contribution in [3.63, 3.8) is 0 Å². The molecule has 3 heteroatoms. The van der Waals surface area contributed by atoms with E-state index in [1.807, 2.05) is 0 Å². The molecular weight excluding hydrogens is 230 g/mol. The molecule has 0 amide bonds. The first-order valence-electron chi connectivity index (χ1n) is 6.54. The molecule has 0 bridgehead atoms. The van der Waals surface area contributed by atoms with E-state index in [-0.39, 0.29) is 0 Å². The Kier molecular flexibility index (Phi) is 4.75. The van der Waals surface area contributed by atoms with Crippen molar-refractivity contribution in [1.82, 2.24) is 0 Å². The molecule has 94 valence electrons. The summed E-state index contributed by atoms with van der Waals surface area (Å²) in [6, 6.07) is 4.17. The summed E-state index contributed by atoms with van der Waals surface area (Å²) in [5.74, 6) is 1.45. The fourth-order valence-corrected chi connectivity index (χ4v) is 3.33. The number of thiophene rings is 1. The van der Waals surface area contributed by atoms with Crippen molar-refractivity contribution in [1.29, 1.82) is 0 Å². The van der Waals surface area contributed by atoms with Crippen LogP contribution in [0.4, 0.5) is 0 Å². The van der Waals surface area contributed by atoms with Gasteiger partial charge in [-0.05, 0) is 56.0 Å². The van der Waals surface area contributed by atoms with Crippen molar-refractivity contribution in [2.45, 2.75) is 38.5 Å². The monoisotopic (exact) mass is 251 g/mol. The average molecular weight is 251 g/mol. The van der Waals surface area contributed by atoms with Gasteiger partial charge in [0.2, 0.25) is 0 Å². The molecule has 2 nitrogen and oxygen atoms in total. The Morgan fingerprint density at radius 2 is 2.12 bits per heavy atom. The maximum atomic E-state index is 12.1. The van der Waals surface area contributed by atoms with Gasteiger partial charge in [-0.3, -0.25) is 4.79 Å². The van der Waals surface area contributed by atoms with E-state index >= 15 is 0 Å². The van der Waals surface area contributed by atoms with Gasteiger partial charge in [0.15, 0.2) is 0 Å². The highest BCUT2D eigenvalue weighted by atomic mass is 32.1. The van der Waals surface area contributed by atoms with Crippen LogP contribution in [0.2, 0.25) is 0 Å². The molecule has 2 N–H and O–H groups in total. The second-order valence-electron chi connectivity index (χ2n) is 5.00. The summed E-state index contributed by atoms with van der Waals surface area (Å²) in [6.45, 7) is 0.788. The molecule has 2 rings (SSSR count). The van der Waals surface area contributed by atoms with E-state index in [1.165, 1.54) is 4.88 Å². The molecule has 0 saturated heterocycles. The number of carbonyl (C=O) groups excluding carboxylic acids is 1. The highest BCUT2D eigenvalue weighted by Gasteiger charge is 2.25. The van der Waals surface area contributed by atoms with Crippen LogP contribution in [0.1, 0.15) is 37.0 Å². The number of hydrogen-bond acceptors (Lipinski definition) is 3. The van der Waals surface area contributed by atoms with E-state index < -0.39 is 0 Å². The number of rotatable bonds is 5. The summed E-state index contributed by atoms with van der Waals surface area (Å²) in [7, 11) is 0. The van der Waals surface area contributed by atoms with Crippen LogP contribution < -0.4 is 5.73 Å². The molecule has 1 fully saturated rings. The third-order valence-electron chi connectivity index (χ3n) is 3.83. The average Bonchev–Trinajstić information content (AvgIpc) is 2.89. The van der Waals surface area contributed by atoms with Gasteiger partial charge >= 0.3 is 0 Å². The highest BCUT2D eigenvalue weighted by Crippen LogP contribution is 2.29. The Balaban J connectivity index is 1.73. The molecule has 1 aliphatic carbocycles. The third kappa shape index (κ3) is 3.65. The molecule has 1 aromatic rings. The van der Waals surface area contributed by atoms with Gasteiger partial charge in [0.25, 0.3) is 0 Å². The highest BCUT2D eigenvalue weighted by molar-refractivity contribution is 7.09. The second kappa shape index (κ2) is 6.31. The maximum absolute atomic E-state index is 12.1. The van der Waals surface area contributed by atoms with Gasteiger partial charge in [0.1, 0.15) is 5.78 Å². The molecule has 0 unspecified atom stereocenters. The van der Waals surface area contributed by atoms with Gasteiger partial charge in [-0.1, -0.05) is 6.07 Å². The molecule has 1 heterocycles. The summed E-state index contributed by atoms with van der Waals surface area (Å²) < 4.78 is 0. The fraction of sp³-hybridized carbons (Fsp3) is 0.643. The van der Waals surface area contributed by atoms with Crippen LogP contribution in [-0.2, 0) is 11.2 Å². The summed E-state index contributed by atoms with van der Waals surface area (Å²) in [6.07, 6.45) is 6.06. The largest absolute Gasteiger partial charge is 0.330 e. The van der Waals surface area contributed by atoms with Crippen LogP contribution >= 0.6 is 11.3 Å². The standard InChI is InChI=1S/C14H21NOS/c15-10-11-3-5-12(6-4-11)14(16)8-7-13-2-1-9-17-13/h1-2,9,11-12H,3-8,10,15H2. The first-order valence-corrected chi connectivity index (χ1v) is 7.42. The van der Waals surface area contributed by atoms with Crippen molar-refractivity contribution >= 4 is 17.1 Å². The quantitative estimate of drug-likeness (QED) is 0.874. The van der Waals surface area contributed by atoms with E-state index in [0.29, 0.717) is 17.6 Å². The Labute approximate surface area is 107 Å². The minimum Gasteiger partial charge on any atom is -0.330 e. The topological polar surface area (TPSA) is 43.1 Å². The maximum Gasteiger partial charge on any atom is 0.136 e. The van der Waals surface area contributed by atoms with Gasteiger partial charge in [-0.15, -0.1) is 11.3 Å². The number of nitrogens with two attached hydrogens (primary N) is 1. The Hall–Kier alpha value is -0.670. The minimum atomic E-state index is 0.317. The number of aryl methyl sites for hydroxylation is 1. The molecule has 0 atom stereocenters. The smallest absolute Gasteiger partial charge is 0.136 e. The summed E-state index contributed by atoms with van der Waals surface area (Å²) in [5, 5.41) is 2.08. The zero-order valence-corrected chi connectivity index (χ0v) is 11.0. The van der Waals surface area contributed by atoms with E-state index in [9.17, 15) is 4.79 Å². The molecule has 0 spiro atoms. The van der Waals surface area contributed by atoms with Crippen LogP contribution in [0, 0.1) is 11.8 Å². The van der Waals surface area contributed by atoms with Gasteiger partial charge < -0.3 is 5.73 Å². The summed E-state index contributed by atoms with van der Waals surface area (Å²) in [4.78, 5) is 13.4. The predicted molar refractivity (Wildman–Crippen MR) is 72.1 cm³/mol. The number of hydrogen-bond donors (Lipinski definition) is 1. The zero-order valence-electron chi connectivity index (χ0n) is 10.2. The lowest BCUT2D eigenvalue weighted by Crippen LogP contribution is -2.25.